The van der Waals surface area contributed by atoms with Crippen molar-refractivity contribution in [1.82, 2.24) is 0 Å². The summed E-state index contributed by atoms with van der Waals surface area (Å²) in [6, 6.07) is 5.06. The summed E-state index contributed by atoms with van der Waals surface area (Å²) in [4.78, 5) is 22.4. The summed E-state index contributed by atoms with van der Waals surface area (Å²) in [5.74, 6) is -0.887. The molecule has 0 radical (unpaired) electrons. The number of carbonyl (C=O) groups is 1. The lowest BCUT2D eigenvalue weighted by molar-refractivity contribution is -0.387. The molecule has 0 aliphatic heterocycles. The number of nitrogens with zero attached hydrogens (tertiary/aromatic N) is 1. The lowest BCUT2D eigenvalue weighted by Crippen LogP contribution is -2.09. The molecule has 1 amide bonds. The van der Waals surface area contributed by atoms with Crippen LogP contribution in [0.25, 0.3) is 16.5 Å². The van der Waals surface area contributed by atoms with Crippen LogP contribution in [-0.4, -0.2) is 17.9 Å². The van der Waals surface area contributed by atoms with Crippen LogP contribution in [0.3, 0.4) is 0 Å². The van der Waals surface area contributed by atoms with Crippen molar-refractivity contribution in [3.05, 3.63) is 69.2 Å². The number of nitro benzene ring substituents is 1. The third kappa shape index (κ3) is 3.82. The van der Waals surface area contributed by atoms with E-state index in [9.17, 15) is 19.3 Å². The van der Waals surface area contributed by atoms with E-state index in [0.717, 1.165) is 39.8 Å². The predicted octanol–water partition coefficient (Wildman–Crippen LogP) is 5.15. The molecule has 0 saturated heterocycles. The van der Waals surface area contributed by atoms with E-state index in [4.69, 9.17) is 9.15 Å². The SMILES string of the molecule is COc1c(/C(C)=C/C(=O)Nc2ccc(F)c([N+](=O)[O-])c2)cc2c(C)coc2c1C. The molecule has 0 saturated carbocycles. The molecule has 1 aromatic heterocycles. The van der Waals surface area contributed by atoms with E-state index < -0.39 is 22.3 Å². The zero-order chi connectivity index (χ0) is 21.3. The molecule has 0 aliphatic rings. The second-order valence-electron chi connectivity index (χ2n) is 6.62. The Labute approximate surface area is 165 Å². The zero-order valence-electron chi connectivity index (χ0n) is 16.3. The van der Waals surface area contributed by atoms with Crippen LogP contribution in [0.1, 0.15) is 23.6 Å². The van der Waals surface area contributed by atoms with Crippen LogP contribution in [0.5, 0.6) is 5.75 Å². The van der Waals surface area contributed by atoms with Gasteiger partial charge in [0.05, 0.1) is 18.3 Å². The number of nitrogens with one attached hydrogen (secondary N) is 1. The van der Waals surface area contributed by atoms with Crippen molar-refractivity contribution in [2.75, 3.05) is 12.4 Å². The van der Waals surface area contributed by atoms with E-state index in [2.05, 4.69) is 5.32 Å². The maximum Gasteiger partial charge on any atom is 0.306 e. The molecule has 3 aromatic rings. The second kappa shape index (κ2) is 7.75. The summed E-state index contributed by atoms with van der Waals surface area (Å²) >= 11 is 0. The number of furan rings is 1. The van der Waals surface area contributed by atoms with E-state index in [1.807, 2.05) is 19.9 Å². The topological polar surface area (TPSA) is 94.6 Å². The van der Waals surface area contributed by atoms with Crippen molar-refractivity contribution in [1.29, 1.82) is 0 Å². The predicted molar refractivity (Wildman–Crippen MR) is 108 cm³/mol. The van der Waals surface area contributed by atoms with Gasteiger partial charge in [-0.3, -0.25) is 14.9 Å². The molecule has 8 heteroatoms. The standard InChI is InChI=1S/C21H19FN2O5/c1-11(7-19(25)23-14-5-6-17(22)18(8-14)24(26)27)15-9-16-12(2)10-29-21(16)13(3)20(15)28-4/h5-10H,1-4H3,(H,23,25)/b11-7+. The van der Waals surface area contributed by atoms with Gasteiger partial charge in [-0.05, 0) is 50.1 Å². The average Bonchev–Trinajstić information content (AvgIpc) is 3.04. The van der Waals surface area contributed by atoms with Crippen LogP contribution in [0.2, 0.25) is 0 Å². The first-order valence-electron chi connectivity index (χ1n) is 8.72. The van der Waals surface area contributed by atoms with Gasteiger partial charge in [0.2, 0.25) is 11.7 Å². The molecule has 0 atom stereocenters. The van der Waals surface area contributed by atoms with E-state index in [1.165, 1.54) is 12.1 Å². The molecule has 1 heterocycles. The van der Waals surface area contributed by atoms with Crippen molar-refractivity contribution in [3.8, 4) is 5.75 Å². The van der Waals surface area contributed by atoms with Gasteiger partial charge >= 0.3 is 5.69 Å². The molecular weight excluding hydrogens is 379 g/mol. The number of halogens is 1. The fourth-order valence-electron chi connectivity index (χ4n) is 3.18. The highest BCUT2D eigenvalue weighted by molar-refractivity contribution is 6.05. The Morgan fingerprint density at radius 2 is 2.03 bits per heavy atom. The number of carbonyl (C=O) groups excluding carboxylic acids is 1. The van der Waals surface area contributed by atoms with Crippen molar-refractivity contribution in [3.63, 3.8) is 0 Å². The fraction of sp³-hybridized carbons (Fsp3) is 0.190. The van der Waals surface area contributed by atoms with Gasteiger partial charge in [-0.15, -0.1) is 0 Å². The number of nitro groups is 1. The van der Waals surface area contributed by atoms with Gasteiger partial charge < -0.3 is 14.5 Å². The van der Waals surface area contributed by atoms with Gasteiger partial charge in [-0.2, -0.15) is 4.39 Å². The molecule has 0 fully saturated rings. The summed E-state index contributed by atoms with van der Waals surface area (Å²) < 4.78 is 24.6. The number of aryl methyl sites for hydroxylation is 2. The van der Waals surface area contributed by atoms with Gasteiger partial charge in [0, 0.05) is 34.3 Å². The first-order chi connectivity index (χ1) is 13.7. The smallest absolute Gasteiger partial charge is 0.306 e. The Hall–Kier alpha value is -3.68. The zero-order valence-corrected chi connectivity index (χ0v) is 16.3. The minimum atomic E-state index is -0.969. The molecule has 29 heavy (non-hydrogen) atoms. The minimum Gasteiger partial charge on any atom is -0.496 e. The van der Waals surface area contributed by atoms with Gasteiger partial charge in [0.15, 0.2) is 0 Å². The number of ether oxygens (including phenoxy) is 1. The molecule has 1 N–H and O–H groups in total. The Morgan fingerprint density at radius 1 is 1.31 bits per heavy atom. The maximum atomic E-state index is 13.5. The number of methoxy groups -OCH3 is 1. The molecular formula is C21H19FN2O5. The highest BCUT2D eigenvalue weighted by Crippen LogP contribution is 2.37. The molecule has 150 valence electrons. The van der Waals surface area contributed by atoms with Crippen LogP contribution in [-0.2, 0) is 4.79 Å². The molecule has 7 nitrogen and oxygen atoms in total. The van der Waals surface area contributed by atoms with Gasteiger partial charge in [-0.25, -0.2) is 0 Å². The number of anilines is 1. The van der Waals surface area contributed by atoms with Crippen LogP contribution in [0.4, 0.5) is 15.8 Å². The third-order valence-corrected chi connectivity index (χ3v) is 4.62. The normalized spacial score (nSPS) is 11.6. The van der Waals surface area contributed by atoms with Gasteiger partial charge in [-0.1, -0.05) is 0 Å². The van der Waals surface area contributed by atoms with Crippen molar-refractivity contribution in [2.45, 2.75) is 20.8 Å². The van der Waals surface area contributed by atoms with E-state index in [1.54, 1.807) is 20.3 Å². The molecule has 0 bridgehead atoms. The van der Waals surface area contributed by atoms with Crippen LogP contribution >= 0.6 is 0 Å². The second-order valence-corrected chi connectivity index (χ2v) is 6.62. The lowest BCUT2D eigenvalue weighted by atomic mass is 9.98. The van der Waals surface area contributed by atoms with Crippen LogP contribution in [0, 0.1) is 29.8 Å². The first kappa shape index (κ1) is 20.1. The van der Waals surface area contributed by atoms with Gasteiger partial charge in [0.1, 0.15) is 11.3 Å². The van der Waals surface area contributed by atoms with Crippen LogP contribution < -0.4 is 10.1 Å². The summed E-state index contributed by atoms with van der Waals surface area (Å²) in [5.41, 5.74) is 3.26. The summed E-state index contributed by atoms with van der Waals surface area (Å²) in [5, 5.41) is 14.3. The Kier molecular flexibility index (Phi) is 5.36. The highest BCUT2D eigenvalue weighted by atomic mass is 19.1. The minimum absolute atomic E-state index is 0.122. The quantitative estimate of drug-likeness (QED) is 0.364. The maximum absolute atomic E-state index is 13.5. The largest absolute Gasteiger partial charge is 0.496 e. The Balaban J connectivity index is 1.95. The number of hydrogen-bond donors (Lipinski definition) is 1. The monoisotopic (exact) mass is 398 g/mol. The molecule has 0 aliphatic carbocycles. The Morgan fingerprint density at radius 3 is 2.69 bits per heavy atom. The van der Waals surface area contributed by atoms with E-state index in [0.29, 0.717) is 11.3 Å². The number of hydrogen-bond acceptors (Lipinski definition) is 5. The first-order valence-corrected chi connectivity index (χ1v) is 8.72. The lowest BCUT2D eigenvalue weighted by Gasteiger charge is -2.13. The highest BCUT2D eigenvalue weighted by Gasteiger charge is 2.18. The van der Waals surface area contributed by atoms with Crippen molar-refractivity contribution >= 4 is 33.8 Å². The van der Waals surface area contributed by atoms with E-state index >= 15 is 0 Å². The summed E-state index contributed by atoms with van der Waals surface area (Å²) in [7, 11) is 1.54. The molecule has 0 unspecified atom stereocenters. The van der Waals surface area contributed by atoms with Crippen molar-refractivity contribution < 1.29 is 23.3 Å². The Bertz CT molecular complexity index is 1160. The summed E-state index contributed by atoms with van der Waals surface area (Å²) in [6.45, 7) is 5.55. The van der Waals surface area contributed by atoms with E-state index in [-0.39, 0.29) is 5.69 Å². The average molecular weight is 398 g/mol. The fourth-order valence-corrected chi connectivity index (χ4v) is 3.18. The van der Waals surface area contributed by atoms with Gasteiger partial charge in [0.25, 0.3) is 0 Å². The summed E-state index contributed by atoms with van der Waals surface area (Å²) in [6.07, 6.45) is 3.02. The molecule has 3 rings (SSSR count). The van der Waals surface area contributed by atoms with Crippen LogP contribution in [0.15, 0.2) is 41.0 Å². The number of benzene rings is 2. The molecule has 2 aromatic carbocycles. The number of amides is 1. The molecule has 0 spiro atoms. The number of fused-ring (bicyclic) bond motifs is 1. The number of allylic oxidation sites excluding steroid dienone is 1. The number of rotatable bonds is 5. The third-order valence-electron chi connectivity index (χ3n) is 4.62. The van der Waals surface area contributed by atoms with Crippen molar-refractivity contribution in [2.24, 2.45) is 0 Å².